The predicted octanol–water partition coefficient (Wildman–Crippen LogP) is 1.85. The largest absolute Gasteiger partial charge is 0.379 e. The summed E-state index contributed by atoms with van der Waals surface area (Å²) >= 11 is 0. The van der Waals surface area contributed by atoms with Crippen molar-refractivity contribution in [3.05, 3.63) is 54.0 Å². The van der Waals surface area contributed by atoms with Crippen LogP contribution in [0.1, 0.15) is 16.1 Å². The second kappa shape index (κ2) is 7.88. The second-order valence-electron chi connectivity index (χ2n) is 5.91. The zero-order valence-corrected chi connectivity index (χ0v) is 13.8. The second-order valence-corrected chi connectivity index (χ2v) is 5.91. The monoisotopic (exact) mass is 326 g/mol. The van der Waals surface area contributed by atoms with Gasteiger partial charge in [0.1, 0.15) is 5.82 Å². The standard InChI is InChI=1S/C18H22N4O2/c1-19-17-11-20-16(10-21-17)9-14-12-22(7-8-24-13-14)18(23)15-5-3-2-4-6-15/h2-6,10-11,14H,7-9,12-13H2,1H3,(H,19,21)/t14-/m1/s1. The Hall–Kier alpha value is -2.47. The van der Waals surface area contributed by atoms with Crippen molar-refractivity contribution in [1.82, 2.24) is 14.9 Å². The van der Waals surface area contributed by atoms with E-state index in [-0.39, 0.29) is 11.8 Å². The maximum Gasteiger partial charge on any atom is 0.253 e. The summed E-state index contributed by atoms with van der Waals surface area (Å²) in [5.74, 6) is 1.02. The lowest BCUT2D eigenvalue weighted by molar-refractivity contribution is 0.0737. The van der Waals surface area contributed by atoms with Gasteiger partial charge in [-0.05, 0) is 18.6 Å². The Morgan fingerprint density at radius 2 is 2.12 bits per heavy atom. The molecule has 126 valence electrons. The SMILES string of the molecule is CNc1cnc(C[C@H]2COCCN(C(=O)c3ccccc3)C2)cn1. The number of nitrogens with zero attached hydrogens (tertiary/aromatic N) is 3. The molecule has 1 N–H and O–H groups in total. The number of ether oxygens (including phenoxy) is 1. The van der Waals surface area contributed by atoms with E-state index in [0.717, 1.165) is 23.5 Å². The summed E-state index contributed by atoms with van der Waals surface area (Å²) in [4.78, 5) is 23.3. The van der Waals surface area contributed by atoms with Crippen molar-refractivity contribution in [3.63, 3.8) is 0 Å². The summed E-state index contributed by atoms with van der Waals surface area (Å²) in [6, 6.07) is 9.39. The van der Waals surface area contributed by atoms with E-state index >= 15 is 0 Å². The van der Waals surface area contributed by atoms with E-state index in [0.29, 0.717) is 26.3 Å². The smallest absolute Gasteiger partial charge is 0.253 e. The molecule has 6 nitrogen and oxygen atoms in total. The molecule has 1 aliphatic rings. The Kier molecular flexibility index (Phi) is 5.38. The average molecular weight is 326 g/mol. The highest BCUT2D eigenvalue weighted by molar-refractivity contribution is 5.94. The molecule has 1 amide bonds. The third kappa shape index (κ3) is 4.08. The van der Waals surface area contributed by atoms with Gasteiger partial charge in [0.25, 0.3) is 5.91 Å². The van der Waals surface area contributed by atoms with Crippen molar-refractivity contribution in [1.29, 1.82) is 0 Å². The van der Waals surface area contributed by atoms with Crippen molar-refractivity contribution in [2.45, 2.75) is 6.42 Å². The Morgan fingerprint density at radius 3 is 2.83 bits per heavy atom. The van der Waals surface area contributed by atoms with E-state index in [1.54, 1.807) is 12.4 Å². The fraction of sp³-hybridized carbons (Fsp3) is 0.389. The van der Waals surface area contributed by atoms with Crippen LogP contribution in [0.3, 0.4) is 0 Å². The molecule has 1 aromatic carbocycles. The van der Waals surface area contributed by atoms with Gasteiger partial charge in [-0.1, -0.05) is 18.2 Å². The summed E-state index contributed by atoms with van der Waals surface area (Å²) in [6.07, 6.45) is 4.25. The van der Waals surface area contributed by atoms with Crippen molar-refractivity contribution in [3.8, 4) is 0 Å². The molecule has 1 aliphatic heterocycles. The summed E-state index contributed by atoms with van der Waals surface area (Å²) in [5, 5.41) is 2.96. The minimum absolute atomic E-state index is 0.0581. The van der Waals surface area contributed by atoms with Crippen LogP contribution in [-0.2, 0) is 11.2 Å². The van der Waals surface area contributed by atoms with E-state index in [1.807, 2.05) is 42.3 Å². The summed E-state index contributed by atoms with van der Waals surface area (Å²) in [6.45, 7) is 2.49. The highest BCUT2D eigenvalue weighted by atomic mass is 16.5. The highest BCUT2D eigenvalue weighted by Gasteiger charge is 2.24. The first-order valence-corrected chi connectivity index (χ1v) is 8.17. The Morgan fingerprint density at radius 1 is 1.29 bits per heavy atom. The first kappa shape index (κ1) is 16.4. The topological polar surface area (TPSA) is 67.4 Å². The number of amides is 1. The molecule has 2 heterocycles. The van der Waals surface area contributed by atoms with Crippen molar-refractivity contribution < 1.29 is 9.53 Å². The van der Waals surface area contributed by atoms with Gasteiger partial charge < -0.3 is 15.0 Å². The third-order valence-electron chi connectivity index (χ3n) is 4.10. The minimum atomic E-state index is 0.0581. The molecule has 1 atom stereocenters. The maximum atomic E-state index is 12.7. The molecule has 24 heavy (non-hydrogen) atoms. The molecule has 1 fully saturated rings. The van der Waals surface area contributed by atoms with E-state index in [1.165, 1.54) is 0 Å². The number of nitrogens with one attached hydrogen (secondary N) is 1. The van der Waals surface area contributed by atoms with Crippen LogP contribution in [-0.4, -0.2) is 54.1 Å². The third-order valence-corrected chi connectivity index (χ3v) is 4.10. The fourth-order valence-electron chi connectivity index (χ4n) is 2.84. The summed E-state index contributed by atoms with van der Waals surface area (Å²) in [5.41, 5.74) is 1.63. The zero-order valence-electron chi connectivity index (χ0n) is 13.8. The molecule has 2 aromatic rings. The molecule has 6 heteroatoms. The number of benzene rings is 1. The van der Waals surface area contributed by atoms with Crippen LogP contribution in [0.25, 0.3) is 0 Å². The number of anilines is 1. The normalized spacial score (nSPS) is 18.0. The van der Waals surface area contributed by atoms with Gasteiger partial charge in [0.05, 0.1) is 31.3 Å². The molecule has 0 radical (unpaired) electrons. The quantitative estimate of drug-likeness (QED) is 0.929. The number of hydrogen-bond donors (Lipinski definition) is 1. The Balaban J connectivity index is 1.66. The van der Waals surface area contributed by atoms with Gasteiger partial charge in [-0.3, -0.25) is 9.78 Å². The molecular formula is C18H22N4O2. The van der Waals surface area contributed by atoms with Gasteiger partial charge in [0.2, 0.25) is 0 Å². The van der Waals surface area contributed by atoms with Crippen LogP contribution in [0, 0.1) is 5.92 Å². The maximum absolute atomic E-state index is 12.7. The molecule has 3 rings (SSSR count). The van der Waals surface area contributed by atoms with Crippen LogP contribution >= 0.6 is 0 Å². The number of carbonyl (C=O) groups excluding carboxylic acids is 1. The van der Waals surface area contributed by atoms with Crippen molar-refractivity contribution in [2.75, 3.05) is 38.7 Å². The van der Waals surface area contributed by atoms with Crippen molar-refractivity contribution in [2.24, 2.45) is 5.92 Å². The number of carbonyl (C=O) groups is 1. The first-order chi connectivity index (χ1) is 11.8. The number of rotatable bonds is 4. The van der Waals surface area contributed by atoms with E-state index in [9.17, 15) is 4.79 Å². The molecule has 0 spiro atoms. The van der Waals surface area contributed by atoms with Crippen LogP contribution in [0.4, 0.5) is 5.82 Å². The summed E-state index contributed by atoms with van der Waals surface area (Å²) < 4.78 is 5.69. The molecule has 0 aliphatic carbocycles. The van der Waals surface area contributed by atoms with E-state index in [2.05, 4.69) is 15.3 Å². The minimum Gasteiger partial charge on any atom is -0.379 e. The number of hydrogen-bond acceptors (Lipinski definition) is 5. The van der Waals surface area contributed by atoms with Gasteiger partial charge in [0, 0.05) is 31.6 Å². The molecule has 0 unspecified atom stereocenters. The van der Waals surface area contributed by atoms with Gasteiger partial charge in [-0.2, -0.15) is 0 Å². The molecular weight excluding hydrogens is 304 g/mol. The lowest BCUT2D eigenvalue weighted by Gasteiger charge is -2.23. The summed E-state index contributed by atoms with van der Waals surface area (Å²) in [7, 11) is 1.82. The highest BCUT2D eigenvalue weighted by Crippen LogP contribution is 2.15. The van der Waals surface area contributed by atoms with Crippen molar-refractivity contribution >= 4 is 11.7 Å². The van der Waals surface area contributed by atoms with Crippen LogP contribution in [0.2, 0.25) is 0 Å². The Labute approximate surface area is 141 Å². The predicted molar refractivity (Wildman–Crippen MR) is 91.9 cm³/mol. The van der Waals surface area contributed by atoms with E-state index in [4.69, 9.17) is 4.74 Å². The molecule has 1 aromatic heterocycles. The van der Waals surface area contributed by atoms with Gasteiger partial charge in [-0.15, -0.1) is 0 Å². The molecule has 1 saturated heterocycles. The molecule has 0 saturated carbocycles. The lowest BCUT2D eigenvalue weighted by atomic mass is 10.0. The number of aromatic nitrogens is 2. The first-order valence-electron chi connectivity index (χ1n) is 8.17. The van der Waals surface area contributed by atoms with Crippen LogP contribution in [0.15, 0.2) is 42.7 Å². The fourth-order valence-corrected chi connectivity index (χ4v) is 2.84. The van der Waals surface area contributed by atoms with Gasteiger partial charge in [-0.25, -0.2) is 4.98 Å². The average Bonchev–Trinajstić information content (AvgIpc) is 2.88. The molecule has 0 bridgehead atoms. The van der Waals surface area contributed by atoms with Gasteiger partial charge >= 0.3 is 0 Å². The van der Waals surface area contributed by atoms with E-state index < -0.39 is 0 Å². The Bertz CT molecular complexity index is 660. The lowest BCUT2D eigenvalue weighted by Crippen LogP contribution is -2.36. The zero-order chi connectivity index (χ0) is 16.8. The van der Waals surface area contributed by atoms with Crippen LogP contribution in [0.5, 0.6) is 0 Å². The van der Waals surface area contributed by atoms with Gasteiger partial charge in [0.15, 0.2) is 0 Å². The van der Waals surface area contributed by atoms with Crippen LogP contribution < -0.4 is 5.32 Å².